The first-order valence-electron chi connectivity index (χ1n) is 13.4. The molecule has 5 rings (SSSR count). The molecule has 1 N–H and O–H groups in total. The molecule has 0 unspecified atom stereocenters. The van der Waals surface area contributed by atoms with Gasteiger partial charge in [-0.3, -0.25) is 14.2 Å². The quantitative estimate of drug-likeness (QED) is 0.285. The SMILES string of the molecule is CCn1ccc(-c2cc(-c3cnn(C)c3)cc([C@@H](C)NC(=O)c3cc4c(ccn4CCN(C)C)cc3C)c2)n1. The normalized spacial score (nSPS) is 12.4. The molecule has 5 aromatic rings. The van der Waals surface area contributed by atoms with Gasteiger partial charge in [-0.25, -0.2) is 0 Å². The Kier molecular flexibility index (Phi) is 7.39. The summed E-state index contributed by atoms with van der Waals surface area (Å²) in [6, 6.07) is 14.5. The lowest BCUT2D eigenvalue weighted by Crippen LogP contribution is -2.27. The van der Waals surface area contributed by atoms with Crippen LogP contribution in [0.1, 0.15) is 41.4 Å². The van der Waals surface area contributed by atoms with E-state index in [4.69, 9.17) is 5.10 Å². The van der Waals surface area contributed by atoms with Crippen LogP contribution in [-0.4, -0.2) is 55.6 Å². The van der Waals surface area contributed by atoms with Crippen LogP contribution in [0, 0.1) is 6.92 Å². The summed E-state index contributed by atoms with van der Waals surface area (Å²) in [6.45, 7) is 8.72. The second kappa shape index (κ2) is 10.9. The lowest BCUT2D eigenvalue weighted by molar-refractivity contribution is 0.0939. The number of likely N-dealkylation sites (N-methyl/N-ethyl adjacent to an activating group) is 1. The van der Waals surface area contributed by atoms with Crippen LogP contribution >= 0.6 is 0 Å². The lowest BCUT2D eigenvalue weighted by Gasteiger charge is -2.18. The van der Waals surface area contributed by atoms with E-state index < -0.39 is 0 Å². The molecule has 0 fully saturated rings. The van der Waals surface area contributed by atoms with Gasteiger partial charge >= 0.3 is 0 Å². The molecule has 0 saturated carbocycles. The Morgan fingerprint density at radius 2 is 1.85 bits per heavy atom. The highest BCUT2D eigenvalue weighted by atomic mass is 16.1. The Balaban J connectivity index is 1.46. The summed E-state index contributed by atoms with van der Waals surface area (Å²) in [5, 5.41) is 13.5. The van der Waals surface area contributed by atoms with E-state index in [1.165, 1.54) is 0 Å². The molecule has 2 aromatic carbocycles. The predicted molar refractivity (Wildman–Crippen MR) is 157 cm³/mol. The molecule has 0 aliphatic rings. The molecular weight excluding hydrogens is 486 g/mol. The average molecular weight is 524 g/mol. The van der Waals surface area contributed by atoms with Gasteiger partial charge in [-0.15, -0.1) is 0 Å². The first kappa shape index (κ1) is 26.4. The van der Waals surface area contributed by atoms with Gasteiger partial charge in [0.05, 0.1) is 17.9 Å². The van der Waals surface area contributed by atoms with Crippen molar-refractivity contribution in [2.24, 2.45) is 7.05 Å². The van der Waals surface area contributed by atoms with Gasteiger partial charge in [-0.1, -0.05) is 0 Å². The zero-order valence-corrected chi connectivity index (χ0v) is 23.6. The van der Waals surface area contributed by atoms with Crippen molar-refractivity contribution in [3.05, 3.63) is 83.9 Å². The second-order valence-corrected chi connectivity index (χ2v) is 10.5. The van der Waals surface area contributed by atoms with Crippen molar-refractivity contribution in [3.63, 3.8) is 0 Å². The number of fused-ring (bicyclic) bond motifs is 1. The summed E-state index contributed by atoms with van der Waals surface area (Å²) in [6.07, 6.45) is 7.95. The fraction of sp³-hybridized carbons (Fsp3) is 0.323. The van der Waals surface area contributed by atoms with Crippen LogP contribution in [0.15, 0.2) is 67.3 Å². The smallest absolute Gasteiger partial charge is 0.252 e. The van der Waals surface area contributed by atoms with Gasteiger partial charge in [0.1, 0.15) is 0 Å². The first-order chi connectivity index (χ1) is 18.7. The standard InChI is InChI=1S/C31H37N7O/c1-7-38-11-9-29(34-38)26-16-24(15-25(17-26)27-19-32-36(6)20-27)22(3)33-31(39)28-18-30-23(14-21(28)2)8-10-37(30)13-12-35(4)5/h8-11,14-20,22H,7,12-13H2,1-6H3,(H,33,39)/t22-/m1/s1. The van der Waals surface area contributed by atoms with Crippen molar-refractivity contribution in [1.29, 1.82) is 0 Å². The summed E-state index contributed by atoms with van der Waals surface area (Å²) in [7, 11) is 6.05. The molecule has 0 spiro atoms. The predicted octanol–water partition coefficient (Wildman–Crippen LogP) is 5.29. The maximum absolute atomic E-state index is 13.6. The van der Waals surface area contributed by atoms with Gasteiger partial charge in [0.2, 0.25) is 0 Å². The molecule has 1 amide bonds. The molecule has 1 atom stereocenters. The molecule has 0 aliphatic carbocycles. The number of hydrogen-bond donors (Lipinski definition) is 1. The van der Waals surface area contributed by atoms with Crippen LogP contribution in [0.3, 0.4) is 0 Å². The number of amides is 1. The summed E-state index contributed by atoms with van der Waals surface area (Å²) >= 11 is 0. The number of carbonyl (C=O) groups is 1. The topological polar surface area (TPSA) is 72.9 Å². The van der Waals surface area contributed by atoms with Gasteiger partial charge in [0.25, 0.3) is 5.91 Å². The van der Waals surface area contributed by atoms with E-state index in [0.717, 1.165) is 64.0 Å². The van der Waals surface area contributed by atoms with Crippen LogP contribution < -0.4 is 5.32 Å². The van der Waals surface area contributed by atoms with E-state index in [-0.39, 0.29) is 11.9 Å². The number of hydrogen-bond acceptors (Lipinski definition) is 4. The summed E-state index contributed by atoms with van der Waals surface area (Å²) < 4.78 is 5.93. The van der Waals surface area contributed by atoms with Crippen LogP contribution in [0.5, 0.6) is 0 Å². The number of carbonyl (C=O) groups excluding carboxylic acids is 1. The lowest BCUT2D eigenvalue weighted by atomic mass is 9.96. The summed E-state index contributed by atoms with van der Waals surface area (Å²) in [5.41, 5.74) is 7.73. The molecule has 3 aromatic heterocycles. The highest BCUT2D eigenvalue weighted by molar-refractivity contribution is 6.00. The van der Waals surface area contributed by atoms with E-state index in [9.17, 15) is 4.79 Å². The van der Waals surface area contributed by atoms with E-state index in [1.807, 2.05) is 56.3 Å². The Labute approximate surface area is 229 Å². The third kappa shape index (κ3) is 5.66. The van der Waals surface area contributed by atoms with Gasteiger partial charge in [0, 0.05) is 67.5 Å². The number of aromatic nitrogens is 5. The summed E-state index contributed by atoms with van der Waals surface area (Å²) in [4.78, 5) is 15.8. The van der Waals surface area contributed by atoms with Crippen molar-refractivity contribution in [3.8, 4) is 22.4 Å². The molecule has 0 bridgehead atoms. The molecule has 0 saturated heterocycles. The zero-order valence-electron chi connectivity index (χ0n) is 23.6. The largest absolute Gasteiger partial charge is 0.346 e. The minimum absolute atomic E-state index is 0.0779. The van der Waals surface area contributed by atoms with Crippen LogP contribution in [0.25, 0.3) is 33.3 Å². The zero-order chi connectivity index (χ0) is 27.7. The van der Waals surface area contributed by atoms with Crippen molar-refractivity contribution in [2.45, 2.75) is 39.9 Å². The monoisotopic (exact) mass is 523 g/mol. The maximum atomic E-state index is 13.6. The Bertz CT molecular complexity index is 1620. The van der Waals surface area contributed by atoms with Crippen LogP contribution in [0.2, 0.25) is 0 Å². The second-order valence-electron chi connectivity index (χ2n) is 10.5. The van der Waals surface area contributed by atoms with Gasteiger partial charge < -0.3 is 14.8 Å². The van der Waals surface area contributed by atoms with E-state index in [0.29, 0.717) is 5.56 Å². The minimum atomic E-state index is -0.211. The fourth-order valence-corrected chi connectivity index (χ4v) is 4.93. The average Bonchev–Trinajstić information content (AvgIpc) is 3.66. The Hall–Kier alpha value is -4.17. The van der Waals surface area contributed by atoms with E-state index in [1.54, 1.807) is 4.68 Å². The van der Waals surface area contributed by atoms with Crippen molar-refractivity contribution in [1.82, 2.24) is 34.3 Å². The highest BCUT2D eigenvalue weighted by Crippen LogP contribution is 2.30. The molecular formula is C31H37N7O. The van der Waals surface area contributed by atoms with E-state index >= 15 is 0 Å². The van der Waals surface area contributed by atoms with Crippen LogP contribution in [-0.2, 0) is 20.1 Å². The molecule has 3 heterocycles. The molecule has 39 heavy (non-hydrogen) atoms. The number of nitrogens with one attached hydrogen (secondary N) is 1. The number of benzene rings is 2. The first-order valence-corrected chi connectivity index (χ1v) is 13.4. The number of aryl methyl sites for hydroxylation is 3. The number of nitrogens with zero attached hydrogens (tertiary/aromatic N) is 6. The van der Waals surface area contributed by atoms with Gasteiger partial charge in [-0.05, 0) is 99.4 Å². The summed E-state index contributed by atoms with van der Waals surface area (Å²) in [5.74, 6) is -0.0779. The molecule has 8 heteroatoms. The molecule has 0 radical (unpaired) electrons. The highest BCUT2D eigenvalue weighted by Gasteiger charge is 2.18. The Morgan fingerprint density at radius 3 is 2.54 bits per heavy atom. The van der Waals surface area contributed by atoms with Crippen molar-refractivity contribution < 1.29 is 4.79 Å². The minimum Gasteiger partial charge on any atom is -0.346 e. The van der Waals surface area contributed by atoms with Crippen molar-refractivity contribution >= 4 is 16.8 Å². The van der Waals surface area contributed by atoms with Crippen LogP contribution in [0.4, 0.5) is 0 Å². The van der Waals surface area contributed by atoms with Gasteiger partial charge in [-0.2, -0.15) is 10.2 Å². The number of rotatable bonds is 9. The van der Waals surface area contributed by atoms with E-state index in [2.05, 4.69) is 77.4 Å². The molecule has 202 valence electrons. The maximum Gasteiger partial charge on any atom is 0.252 e. The third-order valence-electron chi connectivity index (χ3n) is 7.25. The van der Waals surface area contributed by atoms with Crippen molar-refractivity contribution in [2.75, 3.05) is 20.6 Å². The van der Waals surface area contributed by atoms with Gasteiger partial charge in [0.15, 0.2) is 0 Å². The fourth-order valence-electron chi connectivity index (χ4n) is 4.93. The Morgan fingerprint density at radius 1 is 1.05 bits per heavy atom. The molecule has 8 nitrogen and oxygen atoms in total. The molecule has 0 aliphatic heterocycles. The third-order valence-corrected chi connectivity index (χ3v) is 7.25.